The first kappa shape index (κ1) is 18.0. The summed E-state index contributed by atoms with van der Waals surface area (Å²) in [7, 11) is 1.63. The standard InChI is InChI=1S/C18H26N4O2/c1-15(2)20-18(23)22(11-12-24-3)14-17-19-9-10-21(17)13-16-7-5-4-6-8-16/h4-10,15H,11-14H2,1-3H3,(H,20,23). The number of ether oxygens (including phenoxy) is 1. The van der Waals surface area contributed by atoms with Gasteiger partial charge in [-0.15, -0.1) is 0 Å². The van der Waals surface area contributed by atoms with Gasteiger partial charge in [0.2, 0.25) is 0 Å². The summed E-state index contributed by atoms with van der Waals surface area (Å²) in [6.07, 6.45) is 3.71. The number of carbonyl (C=O) groups is 1. The fraction of sp³-hybridized carbons (Fsp3) is 0.444. The van der Waals surface area contributed by atoms with Gasteiger partial charge in [0.1, 0.15) is 5.82 Å². The van der Waals surface area contributed by atoms with E-state index in [1.54, 1.807) is 18.2 Å². The average molecular weight is 330 g/mol. The molecule has 1 heterocycles. The van der Waals surface area contributed by atoms with E-state index in [1.165, 1.54) is 5.56 Å². The van der Waals surface area contributed by atoms with Crippen molar-refractivity contribution in [1.29, 1.82) is 0 Å². The minimum atomic E-state index is -0.101. The number of amides is 2. The predicted molar refractivity (Wildman–Crippen MR) is 93.7 cm³/mol. The third kappa shape index (κ3) is 5.38. The van der Waals surface area contributed by atoms with Crippen molar-refractivity contribution in [3.63, 3.8) is 0 Å². The van der Waals surface area contributed by atoms with Crippen LogP contribution >= 0.6 is 0 Å². The average Bonchev–Trinajstić information content (AvgIpc) is 2.98. The molecule has 2 amide bonds. The fourth-order valence-corrected chi connectivity index (χ4v) is 2.38. The molecule has 0 saturated heterocycles. The minimum absolute atomic E-state index is 0.0895. The van der Waals surface area contributed by atoms with Crippen molar-refractivity contribution in [2.45, 2.75) is 33.0 Å². The van der Waals surface area contributed by atoms with Gasteiger partial charge in [0, 0.05) is 38.6 Å². The van der Waals surface area contributed by atoms with Crippen molar-refractivity contribution in [3.05, 3.63) is 54.1 Å². The van der Waals surface area contributed by atoms with Gasteiger partial charge >= 0.3 is 6.03 Å². The highest BCUT2D eigenvalue weighted by Gasteiger charge is 2.17. The second-order valence-corrected chi connectivity index (χ2v) is 5.98. The van der Waals surface area contributed by atoms with Gasteiger partial charge in [0.05, 0.1) is 13.2 Å². The van der Waals surface area contributed by atoms with Crippen LogP contribution in [0.15, 0.2) is 42.7 Å². The number of rotatable bonds is 8. The number of hydrogen-bond acceptors (Lipinski definition) is 3. The van der Waals surface area contributed by atoms with Crippen LogP contribution < -0.4 is 5.32 Å². The molecule has 6 heteroatoms. The van der Waals surface area contributed by atoms with Gasteiger partial charge in [-0.05, 0) is 19.4 Å². The normalized spacial score (nSPS) is 10.8. The zero-order valence-corrected chi connectivity index (χ0v) is 14.6. The summed E-state index contributed by atoms with van der Waals surface area (Å²) in [5.41, 5.74) is 1.20. The lowest BCUT2D eigenvalue weighted by molar-refractivity contribution is 0.143. The molecule has 130 valence electrons. The van der Waals surface area contributed by atoms with E-state index in [9.17, 15) is 4.79 Å². The zero-order valence-electron chi connectivity index (χ0n) is 14.6. The number of benzene rings is 1. The summed E-state index contributed by atoms with van der Waals surface area (Å²) < 4.78 is 7.19. The SMILES string of the molecule is COCCN(Cc1nccn1Cc1ccccc1)C(=O)NC(C)C. The van der Waals surface area contributed by atoms with E-state index in [1.807, 2.05) is 38.2 Å². The maximum absolute atomic E-state index is 12.4. The lowest BCUT2D eigenvalue weighted by atomic mass is 10.2. The summed E-state index contributed by atoms with van der Waals surface area (Å²) in [5.74, 6) is 0.855. The highest BCUT2D eigenvalue weighted by Crippen LogP contribution is 2.08. The number of hydrogen-bond donors (Lipinski definition) is 1. The first-order valence-electron chi connectivity index (χ1n) is 8.18. The van der Waals surface area contributed by atoms with Gasteiger partial charge in [0.15, 0.2) is 0 Å². The topological polar surface area (TPSA) is 59.4 Å². The van der Waals surface area contributed by atoms with Crippen LogP contribution in [-0.4, -0.2) is 46.8 Å². The van der Waals surface area contributed by atoms with Crippen LogP contribution in [0.5, 0.6) is 0 Å². The van der Waals surface area contributed by atoms with E-state index in [0.717, 1.165) is 12.4 Å². The Morgan fingerprint density at radius 3 is 2.75 bits per heavy atom. The second kappa shape index (κ2) is 9.08. The Bertz CT molecular complexity index is 625. The van der Waals surface area contributed by atoms with Crippen molar-refractivity contribution < 1.29 is 9.53 Å². The molecule has 0 bridgehead atoms. The van der Waals surface area contributed by atoms with Gasteiger partial charge in [-0.1, -0.05) is 30.3 Å². The Balaban J connectivity index is 2.08. The van der Waals surface area contributed by atoms with Gasteiger partial charge < -0.3 is 19.5 Å². The maximum atomic E-state index is 12.4. The van der Waals surface area contributed by atoms with Crippen molar-refractivity contribution >= 4 is 6.03 Å². The number of aromatic nitrogens is 2. The van der Waals surface area contributed by atoms with Crippen LogP contribution in [0, 0.1) is 0 Å². The molecule has 0 fully saturated rings. The number of urea groups is 1. The van der Waals surface area contributed by atoms with Gasteiger partial charge in [-0.25, -0.2) is 9.78 Å². The molecule has 24 heavy (non-hydrogen) atoms. The second-order valence-electron chi connectivity index (χ2n) is 5.98. The molecule has 0 spiro atoms. The molecule has 0 unspecified atom stereocenters. The van der Waals surface area contributed by atoms with Crippen LogP contribution in [0.25, 0.3) is 0 Å². The van der Waals surface area contributed by atoms with Crippen LogP contribution in [0.2, 0.25) is 0 Å². The lowest BCUT2D eigenvalue weighted by Crippen LogP contribution is -2.44. The minimum Gasteiger partial charge on any atom is -0.383 e. The highest BCUT2D eigenvalue weighted by atomic mass is 16.5. The molecule has 0 atom stereocenters. The third-order valence-electron chi connectivity index (χ3n) is 3.59. The van der Waals surface area contributed by atoms with Crippen LogP contribution in [0.4, 0.5) is 4.79 Å². The fourth-order valence-electron chi connectivity index (χ4n) is 2.38. The Morgan fingerprint density at radius 2 is 2.08 bits per heavy atom. The number of imidazole rings is 1. The molecule has 0 aliphatic rings. The molecule has 0 aliphatic carbocycles. The molecule has 0 saturated carbocycles. The lowest BCUT2D eigenvalue weighted by Gasteiger charge is -2.24. The maximum Gasteiger partial charge on any atom is 0.318 e. The van der Waals surface area contributed by atoms with E-state index >= 15 is 0 Å². The van der Waals surface area contributed by atoms with Crippen LogP contribution in [-0.2, 0) is 17.8 Å². The Hall–Kier alpha value is -2.34. The van der Waals surface area contributed by atoms with Crippen LogP contribution in [0.1, 0.15) is 25.2 Å². The molecule has 2 aromatic rings. The summed E-state index contributed by atoms with van der Waals surface area (Å²) in [6, 6.07) is 10.2. The first-order chi connectivity index (χ1) is 11.6. The highest BCUT2D eigenvalue weighted by molar-refractivity contribution is 5.74. The molecular weight excluding hydrogens is 304 g/mol. The summed E-state index contributed by atoms with van der Waals surface area (Å²) in [5, 5.41) is 2.93. The Labute approximate surface area is 143 Å². The van der Waals surface area contributed by atoms with E-state index in [0.29, 0.717) is 19.7 Å². The van der Waals surface area contributed by atoms with Crippen molar-refractivity contribution in [1.82, 2.24) is 19.8 Å². The zero-order chi connectivity index (χ0) is 17.4. The number of carbonyl (C=O) groups excluding carboxylic acids is 1. The Kier molecular flexibility index (Phi) is 6.81. The molecular formula is C18H26N4O2. The first-order valence-corrected chi connectivity index (χ1v) is 8.18. The smallest absolute Gasteiger partial charge is 0.318 e. The Morgan fingerprint density at radius 1 is 1.33 bits per heavy atom. The number of methoxy groups -OCH3 is 1. The molecule has 0 radical (unpaired) electrons. The monoisotopic (exact) mass is 330 g/mol. The van der Waals surface area contributed by atoms with E-state index < -0.39 is 0 Å². The summed E-state index contributed by atoms with van der Waals surface area (Å²) in [4.78, 5) is 18.5. The van der Waals surface area contributed by atoms with E-state index in [-0.39, 0.29) is 12.1 Å². The summed E-state index contributed by atoms with van der Waals surface area (Å²) in [6.45, 7) is 6.09. The molecule has 6 nitrogen and oxygen atoms in total. The largest absolute Gasteiger partial charge is 0.383 e. The third-order valence-corrected chi connectivity index (χ3v) is 3.59. The van der Waals surface area contributed by atoms with E-state index in [2.05, 4.69) is 27.0 Å². The van der Waals surface area contributed by atoms with Crippen molar-refractivity contribution in [3.8, 4) is 0 Å². The van der Waals surface area contributed by atoms with Gasteiger partial charge in [0.25, 0.3) is 0 Å². The number of nitrogens with zero attached hydrogens (tertiary/aromatic N) is 3. The predicted octanol–water partition coefficient (Wildman–Crippen LogP) is 2.50. The van der Waals surface area contributed by atoms with Gasteiger partial charge in [-0.3, -0.25) is 0 Å². The molecule has 1 N–H and O–H groups in total. The summed E-state index contributed by atoms with van der Waals surface area (Å²) >= 11 is 0. The van der Waals surface area contributed by atoms with Gasteiger partial charge in [-0.2, -0.15) is 0 Å². The molecule has 1 aromatic heterocycles. The van der Waals surface area contributed by atoms with Crippen molar-refractivity contribution in [2.75, 3.05) is 20.3 Å². The van der Waals surface area contributed by atoms with E-state index in [4.69, 9.17) is 4.74 Å². The van der Waals surface area contributed by atoms with Crippen LogP contribution in [0.3, 0.4) is 0 Å². The quantitative estimate of drug-likeness (QED) is 0.809. The molecule has 2 rings (SSSR count). The number of nitrogens with one attached hydrogen (secondary N) is 1. The molecule has 1 aromatic carbocycles. The van der Waals surface area contributed by atoms with Crippen molar-refractivity contribution in [2.24, 2.45) is 0 Å². The molecule has 0 aliphatic heterocycles.